The molecule has 0 atom stereocenters. The summed E-state index contributed by atoms with van der Waals surface area (Å²) in [6.45, 7) is 1.57. The van der Waals surface area contributed by atoms with Gasteiger partial charge in [0.25, 0.3) is 5.91 Å². The Hall–Kier alpha value is -3.28. The molecule has 0 aliphatic rings. The van der Waals surface area contributed by atoms with Crippen molar-refractivity contribution >= 4 is 45.8 Å². The van der Waals surface area contributed by atoms with Gasteiger partial charge in [-0.3, -0.25) is 9.59 Å². The number of ether oxygens (including phenoxy) is 1. The molecule has 4 aromatic rings. The lowest BCUT2D eigenvalue weighted by molar-refractivity contribution is -0.118. The summed E-state index contributed by atoms with van der Waals surface area (Å²) in [5.41, 5.74) is 2.21. The van der Waals surface area contributed by atoms with Crippen LogP contribution in [0.5, 0.6) is 5.75 Å². The average molecular weight is 454 g/mol. The van der Waals surface area contributed by atoms with Crippen LogP contribution in [0, 0.1) is 6.92 Å². The van der Waals surface area contributed by atoms with Crippen molar-refractivity contribution in [3.8, 4) is 17.1 Å². The first-order valence-electron chi connectivity index (χ1n) is 9.42. The van der Waals surface area contributed by atoms with Crippen LogP contribution in [0.1, 0.15) is 5.56 Å². The molecule has 0 saturated carbocycles. The van der Waals surface area contributed by atoms with Crippen LogP contribution < -0.4 is 15.5 Å². The highest BCUT2D eigenvalue weighted by atomic mass is 35.5. The number of carbonyl (C=O) groups is 1. The van der Waals surface area contributed by atoms with Crippen LogP contribution in [0.4, 0.5) is 5.69 Å². The van der Waals surface area contributed by atoms with E-state index in [1.807, 2.05) is 31.2 Å². The highest BCUT2D eigenvalue weighted by Crippen LogP contribution is 2.32. The number of nitrogens with one attached hydrogen (secondary N) is 1. The molecule has 156 valence electrons. The molecule has 3 aromatic carbocycles. The molecule has 0 radical (unpaired) electrons. The quantitative estimate of drug-likeness (QED) is 0.396. The van der Waals surface area contributed by atoms with Crippen molar-refractivity contribution in [1.29, 1.82) is 0 Å². The zero-order chi connectivity index (χ0) is 22.0. The van der Waals surface area contributed by atoms with Gasteiger partial charge in [-0.25, -0.2) is 0 Å². The van der Waals surface area contributed by atoms with Crippen LogP contribution in [-0.2, 0) is 4.79 Å². The maximum atomic E-state index is 13.2. The molecule has 0 saturated heterocycles. The summed E-state index contributed by atoms with van der Waals surface area (Å²) in [5.74, 6) is -0.252. The maximum absolute atomic E-state index is 13.2. The fraction of sp³-hybridized carbons (Fsp3) is 0.0833. The Kier molecular flexibility index (Phi) is 5.98. The third-order valence-electron chi connectivity index (χ3n) is 4.58. The van der Waals surface area contributed by atoms with Gasteiger partial charge in [-0.1, -0.05) is 59.1 Å². The minimum atomic E-state index is -0.442. The van der Waals surface area contributed by atoms with Crippen LogP contribution in [0.25, 0.3) is 22.3 Å². The molecule has 0 fully saturated rings. The summed E-state index contributed by atoms with van der Waals surface area (Å²) in [4.78, 5) is 25.6. The van der Waals surface area contributed by atoms with Gasteiger partial charge in [-0.05, 0) is 43.3 Å². The topological polar surface area (TPSA) is 68.5 Å². The van der Waals surface area contributed by atoms with Gasteiger partial charge < -0.3 is 14.5 Å². The summed E-state index contributed by atoms with van der Waals surface area (Å²) in [7, 11) is 0. The van der Waals surface area contributed by atoms with Crippen LogP contribution in [0.2, 0.25) is 10.0 Å². The van der Waals surface area contributed by atoms with E-state index in [2.05, 4.69) is 5.32 Å². The lowest BCUT2D eigenvalue weighted by atomic mass is 10.1. The van der Waals surface area contributed by atoms with E-state index in [0.717, 1.165) is 5.56 Å². The van der Waals surface area contributed by atoms with Gasteiger partial charge in [0.2, 0.25) is 11.2 Å². The highest BCUT2D eigenvalue weighted by molar-refractivity contribution is 6.31. The summed E-state index contributed by atoms with van der Waals surface area (Å²) in [6, 6.07) is 19.0. The molecule has 1 aromatic heterocycles. The van der Waals surface area contributed by atoms with Gasteiger partial charge in [0.05, 0.1) is 5.39 Å². The number of benzene rings is 3. The van der Waals surface area contributed by atoms with Crippen molar-refractivity contribution in [2.24, 2.45) is 0 Å². The monoisotopic (exact) mass is 453 g/mol. The first-order valence-corrected chi connectivity index (χ1v) is 10.2. The van der Waals surface area contributed by atoms with E-state index < -0.39 is 11.3 Å². The summed E-state index contributed by atoms with van der Waals surface area (Å²) >= 11 is 12.0. The number of amides is 1. The fourth-order valence-corrected chi connectivity index (χ4v) is 3.44. The van der Waals surface area contributed by atoms with E-state index in [1.54, 1.807) is 36.4 Å². The molecule has 1 amide bonds. The first-order chi connectivity index (χ1) is 14.9. The zero-order valence-corrected chi connectivity index (χ0v) is 18.0. The summed E-state index contributed by atoms with van der Waals surface area (Å²) in [5, 5.41) is 3.84. The largest absolute Gasteiger partial charge is 0.476 e. The standard InChI is InChI=1S/C24H17Cl2NO4/c1-14-5-7-15(8-6-14)23-24(22(29)19-12-17(26)9-10-20(19)31-23)30-13-21(28)27-18-4-2-3-16(25)11-18/h2-12H,13H2,1H3,(H,27,28). The first kappa shape index (κ1) is 21.0. The van der Waals surface area contributed by atoms with Gasteiger partial charge in [-0.15, -0.1) is 0 Å². The van der Waals surface area contributed by atoms with Gasteiger partial charge in [0, 0.05) is 21.3 Å². The second-order valence-electron chi connectivity index (χ2n) is 6.94. The maximum Gasteiger partial charge on any atom is 0.262 e. The highest BCUT2D eigenvalue weighted by Gasteiger charge is 2.19. The van der Waals surface area contributed by atoms with Crippen LogP contribution in [0.15, 0.2) is 75.9 Å². The van der Waals surface area contributed by atoms with Crippen molar-refractivity contribution < 1.29 is 13.9 Å². The van der Waals surface area contributed by atoms with Gasteiger partial charge in [0.1, 0.15) is 5.58 Å². The van der Waals surface area contributed by atoms with Crippen molar-refractivity contribution in [3.63, 3.8) is 0 Å². The van der Waals surface area contributed by atoms with Gasteiger partial charge in [0.15, 0.2) is 12.4 Å². The molecule has 0 bridgehead atoms. The molecule has 0 unspecified atom stereocenters. The second kappa shape index (κ2) is 8.84. The van der Waals surface area contributed by atoms with Gasteiger partial charge in [-0.2, -0.15) is 0 Å². The molecule has 0 aliphatic heterocycles. The Morgan fingerprint density at radius 1 is 1.00 bits per heavy atom. The predicted octanol–water partition coefficient (Wildman–Crippen LogP) is 6.09. The number of anilines is 1. The summed E-state index contributed by atoms with van der Waals surface area (Å²) in [6.07, 6.45) is 0. The smallest absolute Gasteiger partial charge is 0.262 e. The molecule has 1 heterocycles. The Morgan fingerprint density at radius 2 is 1.74 bits per heavy atom. The Morgan fingerprint density at radius 3 is 2.48 bits per heavy atom. The average Bonchev–Trinajstić information content (AvgIpc) is 2.74. The van der Waals surface area contributed by atoms with E-state index in [0.29, 0.717) is 26.9 Å². The molecule has 31 heavy (non-hydrogen) atoms. The predicted molar refractivity (Wildman–Crippen MR) is 123 cm³/mol. The van der Waals surface area contributed by atoms with Crippen molar-refractivity contribution in [2.45, 2.75) is 6.92 Å². The van der Waals surface area contributed by atoms with Crippen molar-refractivity contribution in [1.82, 2.24) is 0 Å². The van der Waals surface area contributed by atoms with E-state index in [4.69, 9.17) is 32.4 Å². The third-order valence-corrected chi connectivity index (χ3v) is 5.05. The Balaban J connectivity index is 1.70. The third kappa shape index (κ3) is 4.74. The molecular formula is C24H17Cl2NO4. The fourth-order valence-electron chi connectivity index (χ4n) is 3.08. The molecule has 4 rings (SSSR count). The number of halogens is 2. The lowest BCUT2D eigenvalue weighted by Crippen LogP contribution is -2.22. The van der Waals surface area contributed by atoms with Crippen LogP contribution in [0.3, 0.4) is 0 Å². The normalized spacial score (nSPS) is 10.8. The molecule has 0 spiro atoms. The second-order valence-corrected chi connectivity index (χ2v) is 7.82. The zero-order valence-electron chi connectivity index (χ0n) is 16.4. The van der Waals surface area contributed by atoms with Crippen LogP contribution >= 0.6 is 23.2 Å². The number of aryl methyl sites for hydroxylation is 1. The van der Waals surface area contributed by atoms with Crippen LogP contribution in [-0.4, -0.2) is 12.5 Å². The number of carbonyl (C=O) groups excluding carboxylic acids is 1. The lowest BCUT2D eigenvalue weighted by Gasteiger charge is -2.12. The molecule has 5 nitrogen and oxygen atoms in total. The molecule has 1 N–H and O–H groups in total. The van der Waals surface area contributed by atoms with E-state index in [1.165, 1.54) is 6.07 Å². The van der Waals surface area contributed by atoms with E-state index in [9.17, 15) is 9.59 Å². The number of hydrogen-bond donors (Lipinski definition) is 1. The minimum Gasteiger partial charge on any atom is -0.476 e. The van der Waals surface area contributed by atoms with E-state index in [-0.39, 0.29) is 23.5 Å². The Bertz CT molecular complexity index is 1330. The summed E-state index contributed by atoms with van der Waals surface area (Å²) < 4.78 is 11.7. The molecular weight excluding hydrogens is 437 g/mol. The number of hydrogen-bond acceptors (Lipinski definition) is 4. The van der Waals surface area contributed by atoms with Gasteiger partial charge >= 0.3 is 0 Å². The molecule has 7 heteroatoms. The SMILES string of the molecule is Cc1ccc(-c2oc3ccc(Cl)cc3c(=O)c2OCC(=O)Nc2cccc(Cl)c2)cc1. The minimum absolute atomic E-state index is 0.0557. The van der Waals surface area contributed by atoms with E-state index >= 15 is 0 Å². The number of fused-ring (bicyclic) bond motifs is 1. The molecule has 0 aliphatic carbocycles. The van der Waals surface area contributed by atoms with Crippen molar-refractivity contribution in [3.05, 3.63) is 92.6 Å². The number of rotatable bonds is 5. The Labute approximate surface area is 188 Å². The van der Waals surface area contributed by atoms with Crippen molar-refractivity contribution in [2.75, 3.05) is 11.9 Å².